The first-order chi connectivity index (χ1) is 10.5. The van der Waals surface area contributed by atoms with Crippen LogP contribution in [0.2, 0.25) is 0 Å². The van der Waals surface area contributed by atoms with Gasteiger partial charge in [0.25, 0.3) is 5.91 Å². The molecule has 22 heavy (non-hydrogen) atoms. The Morgan fingerprint density at radius 1 is 1.36 bits per heavy atom. The number of benzene rings is 1. The molecule has 2 saturated heterocycles. The molecule has 0 aliphatic carbocycles. The fourth-order valence-electron chi connectivity index (χ4n) is 3.38. The Morgan fingerprint density at radius 3 is 2.82 bits per heavy atom. The van der Waals surface area contributed by atoms with Gasteiger partial charge in [0.05, 0.1) is 0 Å². The highest BCUT2D eigenvalue weighted by atomic mass is 19.1. The smallest absolute Gasteiger partial charge is 0.322 e. The van der Waals surface area contributed by atoms with Gasteiger partial charge in [-0.25, -0.2) is 9.18 Å². The minimum atomic E-state index is -0.870. The molecular formula is C16H20FN3O2. The molecule has 1 aromatic rings. The standard InChI is InChI=1S/C16H20FN3O2/c1-16(14(21)18-15(22)19-16)12-6-4-8-20(10-12)9-11-5-2-3-7-13(11)17/h2-3,5,7,12H,4,6,8-10H2,1H3,(H2,18,19,21,22)/t12-,16-/m1/s1. The number of nitrogens with one attached hydrogen (secondary N) is 2. The highest BCUT2D eigenvalue weighted by Gasteiger charge is 2.48. The molecule has 0 unspecified atom stereocenters. The van der Waals surface area contributed by atoms with Gasteiger partial charge in [0.1, 0.15) is 11.4 Å². The molecule has 2 aliphatic heterocycles. The molecule has 2 heterocycles. The van der Waals surface area contributed by atoms with Crippen LogP contribution < -0.4 is 10.6 Å². The first kappa shape index (κ1) is 15.0. The van der Waals surface area contributed by atoms with Gasteiger partial charge in [-0.3, -0.25) is 15.0 Å². The number of urea groups is 1. The molecule has 3 rings (SSSR count). The number of halogens is 1. The van der Waals surface area contributed by atoms with E-state index in [2.05, 4.69) is 15.5 Å². The third-order valence-corrected chi connectivity index (χ3v) is 4.75. The van der Waals surface area contributed by atoms with Crippen LogP contribution in [0, 0.1) is 11.7 Å². The number of nitrogens with zero attached hydrogens (tertiary/aromatic N) is 1. The average molecular weight is 305 g/mol. The summed E-state index contributed by atoms with van der Waals surface area (Å²) in [4.78, 5) is 25.6. The van der Waals surface area contributed by atoms with Crippen LogP contribution in [0.1, 0.15) is 25.3 Å². The minimum absolute atomic E-state index is 0.0273. The van der Waals surface area contributed by atoms with Crippen molar-refractivity contribution in [2.24, 2.45) is 5.92 Å². The normalized spacial score (nSPS) is 29.3. The van der Waals surface area contributed by atoms with Crippen LogP contribution >= 0.6 is 0 Å². The first-order valence-electron chi connectivity index (χ1n) is 7.58. The number of likely N-dealkylation sites (tertiary alicyclic amines) is 1. The van der Waals surface area contributed by atoms with Crippen molar-refractivity contribution in [2.75, 3.05) is 13.1 Å². The minimum Gasteiger partial charge on any atom is -0.323 e. The van der Waals surface area contributed by atoms with Crippen molar-refractivity contribution in [3.63, 3.8) is 0 Å². The Labute approximate surface area is 128 Å². The molecule has 0 radical (unpaired) electrons. The second kappa shape index (κ2) is 5.68. The maximum absolute atomic E-state index is 13.8. The van der Waals surface area contributed by atoms with Crippen LogP contribution in [0.15, 0.2) is 24.3 Å². The summed E-state index contributed by atoms with van der Waals surface area (Å²) in [6.45, 7) is 3.83. The lowest BCUT2D eigenvalue weighted by Gasteiger charge is -2.39. The Hall–Kier alpha value is -1.95. The highest BCUT2D eigenvalue weighted by Crippen LogP contribution is 2.30. The number of amides is 3. The second-order valence-corrected chi connectivity index (χ2v) is 6.28. The van der Waals surface area contributed by atoms with Gasteiger partial charge >= 0.3 is 6.03 Å². The summed E-state index contributed by atoms with van der Waals surface area (Å²) < 4.78 is 13.8. The number of piperidine rings is 1. The van der Waals surface area contributed by atoms with E-state index < -0.39 is 11.6 Å². The summed E-state index contributed by atoms with van der Waals surface area (Å²) in [7, 11) is 0. The molecule has 0 spiro atoms. The molecule has 2 N–H and O–H groups in total. The van der Waals surface area contributed by atoms with E-state index in [9.17, 15) is 14.0 Å². The van der Waals surface area contributed by atoms with Gasteiger partial charge in [0, 0.05) is 24.6 Å². The quantitative estimate of drug-likeness (QED) is 0.835. The topological polar surface area (TPSA) is 61.4 Å². The third kappa shape index (κ3) is 2.70. The summed E-state index contributed by atoms with van der Waals surface area (Å²) in [5.74, 6) is -0.447. The lowest BCUT2D eigenvalue weighted by atomic mass is 9.80. The van der Waals surface area contributed by atoms with Crippen LogP contribution in [0.4, 0.5) is 9.18 Å². The molecule has 6 heteroatoms. The summed E-state index contributed by atoms with van der Waals surface area (Å²) in [5.41, 5.74) is -0.210. The number of hydrogen-bond donors (Lipinski definition) is 2. The predicted molar refractivity (Wildman–Crippen MR) is 79.5 cm³/mol. The Morgan fingerprint density at radius 2 is 2.14 bits per heavy atom. The fraction of sp³-hybridized carbons (Fsp3) is 0.500. The zero-order valence-electron chi connectivity index (χ0n) is 12.6. The van der Waals surface area contributed by atoms with Crippen LogP contribution in [0.3, 0.4) is 0 Å². The molecule has 118 valence electrons. The molecule has 1 aromatic carbocycles. The largest absolute Gasteiger partial charge is 0.323 e. The Bertz CT molecular complexity index is 607. The van der Waals surface area contributed by atoms with Gasteiger partial charge < -0.3 is 5.32 Å². The number of carbonyl (C=O) groups excluding carboxylic acids is 2. The van der Waals surface area contributed by atoms with E-state index in [1.165, 1.54) is 6.07 Å². The van der Waals surface area contributed by atoms with Gasteiger partial charge in [-0.2, -0.15) is 0 Å². The van der Waals surface area contributed by atoms with E-state index in [4.69, 9.17) is 0 Å². The molecular weight excluding hydrogens is 285 g/mol. The van der Waals surface area contributed by atoms with Crippen molar-refractivity contribution < 1.29 is 14.0 Å². The average Bonchev–Trinajstić information content (AvgIpc) is 2.76. The van der Waals surface area contributed by atoms with Crippen molar-refractivity contribution in [2.45, 2.75) is 31.8 Å². The molecule has 2 fully saturated rings. The summed E-state index contributed by atoms with van der Waals surface area (Å²) >= 11 is 0. The lowest BCUT2D eigenvalue weighted by molar-refractivity contribution is -0.126. The lowest BCUT2D eigenvalue weighted by Crippen LogP contribution is -2.55. The summed E-state index contributed by atoms with van der Waals surface area (Å²) in [6.07, 6.45) is 1.80. The van der Waals surface area contributed by atoms with Crippen molar-refractivity contribution in [3.8, 4) is 0 Å². The monoisotopic (exact) mass is 305 g/mol. The van der Waals surface area contributed by atoms with Gasteiger partial charge in [-0.05, 0) is 32.4 Å². The van der Waals surface area contributed by atoms with E-state index >= 15 is 0 Å². The molecule has 0 bridgehead atoms. The molecule has 5 nitrogen and oxygen atoms in total. The predicted octanol–water partition coefficient (Wildman–Crippen LogP) is 1.64. The van der Waals surface area contributed by atoms with Gasteiger partial charge in [0.15, 0.2) is 0 Å². The van der Waals surface area contributed by atoms with E-state index in [0.29, 0.717) is 18.7 Å². The van der Waals surface area contributed by atoms with Crippen LogP contribution in [-0.4, -0.2) is 35.5 Å². The Balaban J connectivity index is 1.71. The van der Waals surface area contributed by atoms with E-state index in [1.807, 2.05) is 6.07 Å². The van der Waals surface area contributed by atoms with E-state index in [1.54, 1.807) is 19.1 Å². The third-order valence-electron chi connectivity index (χ3n) is 4.75. The Kier molecular flexibility index (Phi) is 3.87. The molecule has 0 aromatic heterocycles. The van der Waals surface area contributed by atoms with Gasteiger partial charge in [-0.1, -0.05) is 18.2 Å². The van der Waals surface area contributed by atoms with Crippen LogP contribution in [-0.2, 0) is 11.3 Å². The van der Waals surface area contributed by atoms with Crippen molar-refractivity contribution >= 4 is 11.9 Å². The molecule has 3 amide bonds. The zero-order valence-corrected chi connectivity index (χ0v) is 12.6. The molecule has 0 saturated carbocycles. The maximum Gasteiger partial charge on any atom is 0.322 e. The van der Waals surface area contributed by atoms with Crippen LogP contribution in [0.5, 0.6) is 0 Å². The number of rotatable bonds is 3. The van der Waals surface area contributed by atoms with Crippen molar-refractivity contribution in [3.05, 3.63) is 35.6 Å². The summed E-state index contributed by atoms with van der Waals surface area (Å²) in [6, 6.07) is 6.31. The van der Waals surface area contributed by atoms with Crippen molar-refractivity contribution in [1.29, 1.82) is 0 Å². The maximum atomic E-state index is 13.8. The fourth-order valence-corrected chi connectivity index (χ4v) is 3.38. The van der Waals surface area contributed by atoms with Crippen LogP contribution in [0.25, 0.3) is 0 Å². The highest BCUT2D eigenvalue weighted by molar-refractivity contribution is 6.06. The second-order valence-electron chi connectivity index (χ2n) is 6.28. The molecule has 2 aliphatic rings. The zero-order chi connectivity index (χ0) is 15.7. The van der Waals surface area contributed by atoms with Gasteiger partial charge in [-0.15, -0.1) is 0 Å². The van der Waals surface area contributed by atoms with E-state index in [0.717, 1.165) is 19.4 Å². The number of carbonyl (C=O) groups is 2. The first-order valence-corrected chi connectivity index (χ1v) is 7.58. The SMILES string of the molecule is C[C@]1([C@@H]2CCCN(Cc3ccccc3F)C2)NC(=O)NC1=O. The summed E-state index contributed by atoms with van der Waals surface area (Å²) in [5, 5.41) is 5.06. The van der Waals surface area contributed by atoms with Gasteiger partial charge in [0.2, 0.25) is 0 Å². The molecule has 2 atom stereocenters. The number of imide groups is 1. The number of hydrogen-bond acceptors (Lipinski definition) is 3. The van der Waals surface area contributed by atoms with Crippen molar-refractivity contribution in [1.82, 2.24) is 15.5 Å². The van der Waals surface area contributed by atoms with E-state index in [-0.39, 0.29) is 17.6 Å².